The predicted octanol–water partition coefficient (Wildman–Crippen LogP) is 3.00. The molecule has 15 heavy (non-hydrogen) atoms. The second-order valence-electron chi connectivity index (χ2n) is 6.10. The molecule has 3 fully saturated rings. The number of hydrogen-bond acceptors (Lipinski definition) is 2. The molecule has 2 saturated heterocycles. The molecule has 0 aromatic heterocycles. The summed E-state index contributed by atoms with van der Waals surface area (Å²) in [7, 11) is 0. The summed E-state index contributed by atoms with van der Waals surface area (Å²) in [5.74, 6) is 3.91. The SMILES string of the molecule is CC1CCC(N2CCC3(CC2)CSC3)C1. The molecule has 0 radical (unpaired) electrons. The smallest absolute Gasteiger partial charge is 0.00979 e. The van der Waals surface area contributed by atoms with E-state index < -0.39 is 0 Å². The summed E-state index contributed by atoms with van der Waals surface area (Å²) in [5, 5.41) is 0. The van der Waals surface area contributed by atoms with Crippen molar-refractivity contribution < 1.29 is 0 Å². The number of hydrogen-bond donors (Lipinski definition) is 0. The number of rotatable bonds is 1. The van der Waals surface area contributed by atoms with Gasteiger partial charge in [-0.2, -0.15) is 11.8 Å². The van der Waals surface area contributed by atoms with E-state index in [4.69, 9.17) is 0 Å². The van der Waals surface area contributed by atoms with Gasteiger partial charge in [0.1, 0.15) is 0 Å². The molecule has 2 heteroatoms. The van der Waals surface area contributed by atoms with Crippen LogP contribution in [0.25, 0.3) is 0 Å². The minimum absolute atomic E-state index is 0.797. The molecule has 0 bridgehead atoms. The van der Waals surface area contributed by atoms with Gasteiger partial charge in [0.15, 0.2) is 0 Å². The molecule has 1 saturated carbocycles. The van der Waals surface area contributed by atoms with E-state index in [0.717, 1.165) is 17.4 Å². The van der Waals surface area contributed by atoms with Gasteiger partial charge in [0.25, 0.3) is 0 Å². The van der Waals surface area contributed by atoms with Crippen molar-refractivity contribution in [3.63, 3.8) is 0 Å². The van der Waals surface area contributed by atoms with Crippen molar-refractivity contribution in [1.29, 1.82) is 0 Å². The Bertz CT molecular complexity index is 227. The van der Waals surface area contributed by atoms with Gasteiger partial charge in [-0.05, 0) is 68.0 Å². The molecule has 3 rings (SSSR count). The maximum atomic E-state index is 2.80. The van der Waals surface area contributed by atoms with Crippen LogP contribution in [0.4, 0.5) is 0 Å². The Hall–Kier alpha value is 0.310. The summed E-state index contributed by atoms with van der Waals surface area (Å²) in [4.78, 5) is 2.80. The summed E-state index contributed by atoms with van der Waals surface area (Å²) < 4.78 is 0. The highest BCUT2D eigenvalue weighted by molar-refractivity contribution is 8.00. The topological polar surface area (TPSA) is 3.24 Å². The number of piperidine rings is 1. The second kappa shape index (κ2) is 3.96. The van der Waals surface area contributed by atoms with Crippen molar-refractivity contribution in [3.8, 4) is 0 Å². The number of likely N-dealkylation sites (tertiary alicyclic amines) is 1. The third kappa shape index (κ3) is 1.95. The van der Waals surface area contributed by atoms with Gasteiger partial charge < -0.3 is 4.90 Å². The lowest BCUT2D eigenvalue weighted by Gasteiger charge is -2.48. The summed E-state index contributed by atoms with van der Waals surface area (Å²) >= 11 is 2.16. The fourth-order valence-electron chi connectivity index (χ4n) is 3.55. The van der Waals surface area contributed by atoms with Crippen LogP contribution in [0.15, 0.2) is 0 Å². The van der Waals surface area contributed by atoms with Gasteiger partial charge in [0.05, 0.1) is 0 Å². The molecule has 2 heterocycles. The molecule has 0 aromatic rings. The monoisotopic (exact) mass is 225 g/mol. The zero-order valence-corrected chi connectivity index (χ0v) is 10.7. The van der Waals surface area contributed by atoms with Crippen molar-refractivity contribution in [3.05, 3.63) is 0 Å². The van der Waals surface area contributed by atoms with Crippen LogP contribution in [0.5, 0.6) is 0 Å². The quantitative estimate of drug-likeness (QED) is 0.675. The van der Waals surface area contributed by atoms with Crippen LogP contribution < -0.4 is 0 Å². The van der Waals surface area contributed by atoms with E-state index >= 15 is 0 Å². The average molecular weight is 225 g/mol. The predicted molar refractivity (Wildman–Crippen MR) is 67.4 cm³/mol. The Morgan fingerprint density at radius 2 is 1.87 bits per heavy atom. The fraction of sp³-hybridized carbons (Fsp3) is 1.00. The van der Waals surface area contributed by atoms with Gasteiger partial charge >= 0.3 is 0 Å². The molecule has 0 amide bonds. The molecule has 2 atom stereocenters. The molecular formula is C13H23NS. The van der Waals surface area contributed by atoms with Gasteiger partial charge in [-0.3, -0.25) is 0 Å². The molecule has 1 aliphatic carbocycles. The molecule has 1 nitrogen and oxygen atoms in total. The van der Waals surface area contributed by atoms with E-state index in [0.29, 0.717) is 0 Å². The highest BCUT2D eigenvalue weighted by Crippen LogP contribution is 2.46. The van der Waals surface area contributed by atoms with Crippen molar-refractivity contribution in [2.45, 2.75) is 45.1 Å². The van der Waals surface area contributed by atoms with Gasteiger partial charge in [-0.15, -0.1) is 0 Å². The lowest BCUT2D eigenvalue weighted by Crippen LogP contribution is -2.49. The van der Waals surface area contributed by atoms with Crippen LogP contribution in [0.3, 0.4) is 0 Å². The summed E-state index contributed by atoms with van der Waals surface area (Å²) in [6.07, 6.45) is 7.41. The van der Waals surface area contributed by atoms with Crippen molar-refractivity contribution in [2.75, 3.05) is 24.6 Å². The van der Waals surface area contributed by atoms with Gasteiger partial charge in [-0.1, -0.05) is 6.92 Å². The van der Waals surface area contributed by atoms with Crippen molar-refractivity contribution in [1.82, 2.24) is 4.90 Å². The molecule has 1 spiro atoms. The molecule has 2 aliphatic heterocycles. The van der Waals surface area contributed by atoms with Crippen molar-refractivity contribution >= 4 is 11.8 Å². The summed E-state index contributed by atoms with van der Waals surface area (Å²) in [6.45, 7) is 5.23. The van der Waals surface area contributed by atoms with Crippen molar-refractivity contribution in [2.24, 2.45) is 11.3 Å². The lowest BCUT2D eigenvalue weighted by atomic mass is 9.81. The minimum atomic E-state index is 0.797. The normalized spacial score (nSPS) is 40.6. The highest BCUT2D eigenvalue weighted by Gasteiger charge is 2.41. The first-order valence-corrected chi connectivity index (χ1v) is 7.75. The first kappa shape index (κ1) is 10.5. The van der Waals surface area contributed by atoms with E-state index in [9.17, 15) is 0 Å². The molecule has 3 aliphatic rings. The first-order valence-electron chi connectivity index (χ1n) is 6.59. The summed E-state index contributed by atoms with van der Waals surface area (Å²) in [6, 6.07) is 0.949. The number of thioether (sulfide) groups is 1. The zero-order valence-electron chi connectivity index (χ0n) is 9.87. The van der Waals surface area contributed by atoms with Crippen LogP contribution >= 0.6 is 11.8 Å². The van der Waals surface area contributed by atoms with E-state index in [1.54, 1.807) is 0 Å². The maximum absolute atomic E-state index is 2.80. The van der Waals surface area contributed by atoms with Crippen LogP contribution in [-0.2, 0) is 0 Å². The Balaban J connectivity index is 1.53. The standard InChI is InChI=1S/C13H23NS/c1-11-2-3-12(8-11)14-6-4-13(5-7-14)9-15-10-13/h11-12H,2-10H2,1H3. The second-order valence-corrected chi connectivity index (χ2v) is 7.09. The maximum Gasteiger partial charge on any atom is 0.00979 e. The Morgan fingerprint density at radius 3 is 2.33 bits per heavy atom. The molecule has 0 aromatic carbocycles. The van der Waals surface area contributed by atoms with Gasteiger partial charge in [0, 0.05) is 6.04 Å². The first-order chi connectivity index (χ1) is 7.27. The lowest BCUT2D eigenvalue weighted by molar-refractivity contribution is 0.0937. The Morgan fingerprint density at radius 1 is 1.13 bits per heavy atom. The largest absolute Gasteiger partial charge is 0.300 e. The zero-order chi connectivity index (χ0) is 10.3. The Kier molecular flexibility index (Phi) is 2.76. The third-order valence-electron chi connectivity index (χ3n) is 4.86. The van der Waals surface area contributed by atoms with E-state index in [2.05, 4.69) is 23.6 Å². The fourth-order valence-corrected chi connectivity index (χ4v) is 4.91. The Labute approximate surface area is 98.0 Å². The highest BCUT2D eigenvalue weighted by atomic mass is 32.2. The average Bonchev–Trinajstić information content (AvgIpc) is 2.63. The molecule has 0 N–H and O–H groups in total. The third-order valence-corrected chi connectivity index (χ3v) is 6.49. The van der Waals surface area contributed by atoms with Gasteiger partial charge in [0.2, 0.25) is 0 Å². The van der Waals surface area contributed by atoms with Crippen LogP contribution in [0.2, 0.25) is 0 Å². The molecular weight excluding hydrogens is 202 g/mol. The van der Waals surface area contributed by atoms with Gasteiger partial charge in [-0.25, -0.2) is 0 Å². The van der Waals surface area contributed by atoms with Crippen LogP contribution in [-0.4, -0.2) is 35.5 Å². The number of nitrogens with zero attached hydrogens (tertiary/aromatic N) is 1. The van der Waals surface area contributed by atoms with E-state index in [-0.39, 0.29) is 0 Å². The van der Waals surface area contributed by atoms with E-state index in [1.807, 2.05) is 0 Å². The molecule has 2 unspecified atom stereocenters. The summed E-state index contributed by atoms with van der Waals surface area (Å²) in [5.41, 5.74) is 0.797. The molecule has 86 valence electrons. The van der Waals surface area contributed by atoms with E-state index in [1.165, 1.54) is 56.7 Å². The minimum Gasteiger partial charge on any atom is -0.300 e. The van der Waals surface area contributed by atoms with Crippen LogP contribution in [0, 0.1) is 11.3 Å². The van der Waals surface area contributed by atoms with Crippen LogP contribution in [0.1, 0.15) is 39.0 Å².